The van der Waals surface area contributed by atoms with E-state index >= 15 is 0 Å². The maximum atomic E-state index is 11.6. The van der Waals surface area contributed by atoms with Crippen LogP contribution in [0, 0.1) is 5.92 Å². The molecular weight excluding hydrogens is 110 g/mol. The second kappa shape index (κ2) is 1.84. The monoisotopic (exact) mass is 118 g/mol. The summed E-state index contributed by atoms with van der Waals surface area (Å²) >= 11 is 0. The molecule has 0 bridgehead atoms. The number of hydrogen-bond donors (Lipinski definition) is 0. The zero-order valence-electron chi connectivity index (χ0n) is 4.75. The Morgan fingerprint density at radius 1 is 1.38 bits per heavy atom. The molecule has 0 N–H and O–H groups in total. The van der Waals surface area contributed by atoms with Crippen LogP contribution in [0.25, 0.3) is 0 Å². The molecule has 0 aromatic heterocycles. The van der Waals surface area contributed by atoms with Gasteiger partial charge >= 0.3 is 0 Å². The van der Waals surface area contributed by atoms with Crippen LogP contribution < -0.4 is 0 Å². The molecule has 0 saturated heterocycles. The normalized spacial score (nSPS) is 18.4. The van der Waals surface area contributed by atoms with Gasteiger partial charge in [-0.05, 0) is 31.3 Å². The van der Waals surface area contributed by atoms with E-state index in [1.807, 2.05) is 0 Å². The second-order valence-electron chi connectivity index (χ2n) is 2.22. The number of halogens is 2. The fourth-order valence-corrected chi connectivity index (χ4v) is 0.671. The van der Waals surface area contributed by atoms with Crippen molar-refractivity contribution in [2.75, 3.05) is 0 Å². The number of hydrogen-bond acceptors (Lipinski definition) is 0. The van der Waals surface area contributed by atoms with Crippen LogP contribution in [0.15, 0.2) is 11.7 Å². The van der Waals surface area contributed by atoms with Crippen LogP contribution in [0.1, 0.15) is 19.8 Å². The predicted molar refractivity (Wildman–Crippen MR) is 27.6 cm³/mol. The summed E-state index contributed by atoms with van der Waals surface area (Å²) in [5, 5.41) is 0. The molecule has 0 radical (unpaired) electrons. The molecule has 46 valence electrons. The van der Waals surface area contributed by atoms with Crippen molar-refractivity contribution in [1.82, 2.24) is 0 Å². The van der Waals surface area contributed by atoms with E-state index < -0.39 is 6.08 Å². The van der Waals surface area contributed by atoms with Gasteiger partial charge in [-0.15, -0.1) is 0 Å². The van der Waals surface area contributed by atoms with E-state index in [-0.39, 0.29) is 5.92 Å². The molecule has 8 heavy (non-hydrogen) atoms. The lowest BCUT2D eigenvalue weighted by Gasteiger charge is -1.89. The van der Waals surface area contributed by atoms with Gasteiger partial charge in [-0.3, -0.25) is 0 Å². The fraction of sp³-hybridized carbons (Fsp3) is 0.667. The number of rotatable bonds is 1. The molecule has 0 spiro atoms. The van der Waals surface area contributed by atoms with E-state index in [2.05, 4.69) is 0 Å². The highest BCUT2D eigenvalue weighted by Crippen LogP contribution is 2.37. The predicted octanol–water partition coefficient (Wildman–Crippen LogP) is 2.57. The van der Waals surface area contributed by atoms with Crippen LogP contribution >= 0.6 is 0 Å². The maximum Gasteiger partial charge on any atom is 0.269 e. The van der Waals surface area contributed by atoms with Crippen molar-refractivity contribution in [3.63, 3.8) is 0 Å². The lowest BCUT2D eigenvalue weighted by atomic mass is 10.2. The molecule has 0 nitrogen and oxygen atoms in total. The summed E-state index contributed by atoms with van der Waals surface area (Å²) in [4.78, 5) is 0. The Morgan fingerprint density at radius 2 is 1.88 bits per heavy atom. The van der Waals surface area contributed by atoms with Gasteiger partial charge in [0.1, 0.15) is 0 Å². The first-order valence-corrected chi connectivity index (χ1v) is 2.73. The first kappa shape index (κ1) is 5.73. The Balaban J connectivity index is 2.54. The van der Waals surface area contributed by atoms with Gasteiger partial charge in [0.25, 0.3) is 6.08 Å². The Bertz CT molecular complexity index is 118. The summed E-state index contributed by atoms with van der Waals surface area (Å²) in [5.74, 6) is 0.222. The van der Waals surface area contributed by atoms with Gasteiger partial charge in [0.05, 0.1) is 0 Å². The average molecular weight is 118 g/mol. The number of allylic oxidation sites excluding steroid dienone is 1. The molecule has 0 aromatic carbocycles. The molecule has 0 atom stereocenters. The molecule has 1 aliphatic carbocycles. The van der Waals surface area contributed by atoms with E-state index in [1.54, 1.807) is 0 Å². The summed E-state index contributed by atoms with van der Waals surface area (Å²) in [6.45, 7) is 1.51. The fourth-order valence-electron chi connectivity index (χ4n) is 0.671. The van der Waals surface area contributed by atoms with Crippen LogP contribution in [-0.2, 0) is 0 Å². The smallest absolute Gasteiger partial charge is 0.173 e. The lowest BCUT2D eigenvalue weighted by molar-refractivity contribution is 0.406. The van der Waals surface area contributed by atoms with Crippen molar-refractivity contribution in [2.45, 2.75) is 19.8 Å². The SMILES string of the molecule is CC(=C(F)F)C1CC1. The molecule has 0 aliphatic heterocycles. The molecule has 0 heterocycles. The molecule has 1 fully saturated rings. The Labute approximate surface area is 47.2 Å². The largest absolute Gasteiger partial charge is 0.269 e. The molecule has 1 saturated carbocycles. The molecule has 0 amide bonds. The van der Waals surface area contributed by atoms with Gasteiger partial charge in [-0.2, -0.15) is 8.78 Å². The van der Waals surface area contributed by atoms with Crippen LogP contribution in [0.2, 0.25) is 0 Å². The quantitative estimate of drug-likeness (QED) is 0.496. The molecular formula is C6H8F2. The van der Waals surface area contributed by atoms with E-state index in [1.165, 1.54) is 6.92 Å². The molecule has 2 heteroatoms. The summed E-state index contributed by atoms with van der Waals surface area (Å²) in [5.41, 5.74) is 0.296. The Kier molecular flexibility index (Phi) is 1.32. The highest BCUT2D eigenvalue weighted by Gasteiger charge is 2.25. The summed E-state index contributed by atoms with van der Waals surface area (Å²) < 4.78 is 23.2. The first-order chi connectivity index (χ1) is 3.72. The van der Waals surface area contributed by atoms with Gasteiger partial charge in [-0.1, -0.05) is 0 Å². The van der Waals surface area contributed by atoms with Crippen LogP contribution in [0.4, 0.5) is 8.78 Å². The Hall–Kier alpha value is -0.400. The van der Waals surface area contributed by atoms with Crippen molar-refractivity contribution in [1.29, 1.82) is 0 Å². The van der Waals surface area contributed by atoms with E-state index in [0.29, 0.717) is 5.57 Å². The third kappa shape index (κ3) is 1.05. The zero-order valence-corrected chi connectivity index (χ0v) is 4.75. The molecule has 1 aliphatic rings. The summed E-state index contributed by atoms with van der Waals surface area (Å²) in [6, 6.07) is 0. The van der Waals surface area contributed by atoms with Crippen LogP contribution in [0.5, 0.6) is 0 Å². The van der Waals surface area contributed by atoms with E-state index in [9.17, 15) is 8.78 Å². The minimum absolute atomic E-state index is 0.222. The topological polar surface area (TPSA) is 0 Å². The van der Waals surface area contributed by atoms with Crippen molar-refractivity contribution in [2.24, 2.45) is 5.92 Å². The van der Waals surface area contributed by atoms with Crippen LogP contribution in [0.3, 0.4) is 0 Å². The van der Waals surface area contributed by atoms with Gasteiger partial charge in [0.2, 0.25) is 0 Å². The summed E-state index contributed by atoms with van der Waals surface area (Å²) in [7, 11) is 0. The van der Waals surface area contributed by atoms with Crippen molar-refractivity contribution in [3.05, 3.63) is 11.7 Å². The first-order valence-electron chi connectivity index (χ1n) is 2.73. The summed E-state index contributed by atoms with van der Waals surface area (Å²) in [6.07, 6.45) is 0.444. The molecule has 1 rings (SSSR count). The highest BCUT2D eigenvalue weighted by molar-refractivity contribution is 5.09. The van der Waals surface area contributed by atoms with E-state index in [4.69, 9.17) is 0 Å². The third-order valence-electron chi connectivity index (χ3n) is 1.49. The van der Waals surface area contributed by atoms with Gasteiger partial charge < -0.3 is 0 Å². The standard InChI is InChI=1S/C6H8F2/c1-4(6(7)8)5-2-3-5/h5H,2-3H2,1H3. The van der Waals surface area contributed by atoms with Crippen molar-refractivity contribution in [3.8, 4) is 0 Å². The van der Waals surface area contributed by atoms with Crippen molar-refractivity contribution < 1.29 is 8.78 Å². The van der Waals surface area contributed by atoms with Gasteiger partial charge in [0.15, 0.2) is 0 Å². The highest BCUT2D eigenvalue weighted by atomic mass is 19.3. The minimum Gasteiger partial charge on any atom is -0.173 e. The Morgan fingerprint density at radius 3 is 2.00 bits per heavy atom. The second-order valence-corrected chi connectivity index (χ2v) is 2.22. The lowest BCUT2D eigenvalue weighted by Crippen LogP contribution is -1.77. The van der Waals surface area contributed by atoms with Crippen LogP contribution in [-0.4, -0.2) is 0 Å². The maximum absolute atomic E-state index is 11.6. The van der Waals surface area contributed by atoms with Gasteiger partial charge in [0, 0.05) is 0 Å². The minimum atomic E-state index is -1.48. The van der Waals surface area contributed by atoms with E-state index in [0.717, 1.165) is 12.8 Å². The average Bonchev–Trinajstić information content (AvgIpc) is 2.43. The van der Waals surface area contributed by atoms with Gasteiger partial charge in [-0.25, -0.2) is 0 Å². The zero-order chi connectivity index (χ0) is 6.15. The molecule has 0 unspecified atom stereocenters. The third-order valence-corrected chi connectivity index (χ3v) is 1.49. The van der Waals surface area contributed by atoms with Crippen molar-refractivity contribution >= 4 is 0 Å². The molecule has 0 aromatic rings.